The molecule has 0 unspecified atom stereocenters. The lowest BCUT2D eigenvalue weighted by molar-refractivity contribution is -0.0479. The Morgan fingerprint density at radius 1 is 1.38 bits per heavy atom. The Labute approximate surface area is 99.3 Å². The van der Waals surface area contributed by atoms with Crippen LogP contribution in [0.4, 0.5) is 4.79 Å². The normalized spacial score (nSPS) is 21.5. The molecule has 0 aromatic carbocycles. The van der Waals surface area contributed by atoms with Gasteiger partial charge in [0.25, 0.3) is 0 Å². The Bertz CT molecular complexity index is 261. The van der Waals surface area contributed by atoms with Crippen molar-refractivity contribution in [3.8, 4) is 0 Å². The first-order valence-electron chi connectivity index (χ1n) is 6.35. The fourth-order valence-corrected chi connectivity index (χ4v) is 1.63. The van der Waals surface area contributed by atoms with Crippen molar-refractivity contribution in [1.29, 1.82) is 0 Å². The summed E-state index contributed by atoms with van der Waals surface area (Å²) in [6, 6.07) is 0. The van der Waals surface area contributed by atoms with E-state index in [-0.39, 0.29) is 18.6 Å². The number of hydrogen-bond donors (Lipinski definition) is 0. The van der Waals surface area contributed by atoms with Crippen LogP contribution in [-0.2, 0) is 9.47 Å². The molecule has 0 bridgehead atoms. The minimum absolute atomic E-state index is 0.242. The summed E-state index contributed by atoms with van der Waals surface area (Å²) in [6.07, 6.45) is 1.13. The SMILES string of the molecule is [2H]CC1(OC)CCN(C(=O)OC(C)(C)C)CC1. The zero-order valence-corrected chi connectivity index (χ0v) is 10.7. The predicted molar refractivity (Wildman–Crippen MR) is 62.5 cm³/mol. The van der Waals surface area contributed by atoms with Crippen molar-refractivity contribution in [2.45, 2.75) is 51.7 Å². The van der Waals surface area contributed by atoms with Crippen LogP contribution in [0, 0.1) is 0 Å². The molecule has 4 heteroatoms. The van der Waals surface area contributed by atoms with Gasteiger partial charge in [-0.3, -0.25) is 0 Å². The highest BCUT2D eigenvalue weighted by Gasteiger charge is 2.33. The summed E-state index contributed by atoms with van der Waals surface area (Å²) >= 11 is 0. The van der Waals surface area contributed by atoms with Crippen molar-refractivity contribution in [2.75, 3.05) is 20.2 Å². The molecule has 16 heavy (non-hydrogen) atoms. The highest BCUT2D eigenvalue weighted by Crippen LogP contribution is 2.25. The highest BCUT2D eigenvalue weighted by atomic mass is 16.6. The van der Waals surface area contributed by atoms with E-state index in [0.29, 0.717) is 25.9 Å². The largest absolute Gasteiger partial charge is 0.444 e. The molecule has 1 heterocycles. The smallest absolute Gasteiger partial charge is 0.410 e. The van der Waals surface area contributed by atoms with E-state index in [9.17, 15) is 4.79 Å². The fraction of sp³-hybridized carbons (Fsp3) is 0.917. The zero-order chi connectivity index (χ0) is 13.1. The molecule has 1 aliphatic rings. The van der Waals surface area contributed by atoms with E-state index in [1.807, 2.05) is 20.8 Å². The van der Waals surface area contributed by atoms with Crippen LogP contribution in [-0.4, -0.2) is 42.4 Å². The third kappa shape index (κ3) is 3.67. The molecule has 0 spiro atoms. The molecule has 0 aliphatic carbocycles. The lowest BCUT2D eigenvalue weighted by Gasteiger charge is -2.38. The minimum atomic E-state index is -0.456. The number of hydrogen-bond acceptors (Lipinski definition) is 3. The third-order valence-corrected chi connectivity index (χ3v) is 2.76. The molecule has 0 N–H and O–H groups in total. The average Bonchev–Trinajstić information content (AvgIpc) is 2.27. The van der Waals surface area contributed by atoms with Crippen LogP contribution in [0.1, 0.15) is 41.9 Å². The summed E-state index contributed by atoms with van der Waals surface area (Å²) in [5.41, 5.74) is -0.833. The van der Waals surface area contributed by atoms with Gasteiger partial charge >= 0.3 is 6.09 Å². The molecule has 4 nitrogen and oxygen atoms in total. The van der Waals surface area contributed by atoms with Crippen LogP contribution in [0.2, 0.25) is 0 Å². The number of ether oxygens (including phenoxy) is 2. The summed E-state index contributed by atoms with van der Waals surface area (Å²) in [5.74, 6) is 0. The van der Waals surface area contributed by atoms with Gasteiger partial charge in [0.2, 0.25) is 0 Å². The number of likely N-dealkylation sites (tertiary alicyclic amines) is 1. The van der Waals surface area contributed by atoms with E-state index < -0.39 is 5.60 Å². The maximum absolute atomic E-state index is 11.8. The van der Waals surface area contributed by atoms with Crippen LogP contribution in [0.15, 0.2) is 0 Å². The second-order valence-electron chi connectivity index (χ2n) is 5.35. The van der Waals surface area contributed by atoms with E-state index in [1.165, 1.54) is 0 Å². The van der Waals surface area contributed by atoms with Gasteiger partial charge in [-0.15, -0.1) is 0 Å². The molecule has 1 amide bonds. The van der Waals surface area contributed by atoms with Crippen molar-refractivity contribution < 1.29 is 15.6 Å². The Kier molecular flexibility index (Phi) is 3.38. The second kappa shape index (κ2) is 4.62. The molecule has 0 atom stereocenters. The van der Waals surface area contributed by atoms with Crippen LogP contribution in [0.3, 0.4) is 0 Å². The lowest BCUT2D eigenvalue weighted by Crippen LogP contribution is -2.47. The Morgan fingerprint density at radius 2 is 1.94 bits per heavy atom. The number of methoxy groups -OCH3 is 1. The van der Waals surface area contributed by atoms with Gasteiger partial charge in [0.05, 0.1) is 5.60 Å². The summed E-state index contributed by atoms with van der Waals surface area (Å²) in [6.45, 7) is 7.02. The summed E-state index contributed by atoms with van der Waals surface area (Å²) in [4.78, 5) is 13.5. The molecule has 1 rings (SSSR count). The van der Waals surface area contributed by atoms with Crippen LogP contribution in [0.25, 0.3) is 0 Å². The Balaban J connectivity index is 2.49. The first-order chi connectivity index (χ1) is 7.82. The van der Waals surface area contributed by atoms with Gasteiger partial charge in [-0.25, -0.2) is 4.79 Å². The van der Waals surface area contributed by atoms with Crippen molar-refractivity contribution in [1.82, 2.24) is 4.90 Å². The van der Waals surface area contributed by atoms with E-state index in [2.05, 4.69) is 0 Å². The van der Waals surface area contributed by atoms with Gasteiger partial charge in [0.1, 0.15) is 5.60 Å². The van der Waals surface area contributed by atoms with E-state index in [1.54, 1.807) is 12.0 Å². The van der Waals surface area contributed by atoms with E-state index >= 15 is 0 Å². The summed E-state index contributed by atoms with van der Waals surface area (Å²) in [7, 11) is 1.64. The second-order valence-corrected chi connectivity index (χ2v) is 5.35. The molecule has 1 fully saturated rings. The number of carbonyl (C=O) groups excluding carboxylic acids is 1. The van der Waals surface area contributed by atoms with Gasteiger partial charge in [-0.05, 0) is 40.5 Å². The molecule has 94 valence electrons. The van der Waals surface area contributed by atoms with Gasteiger partial charge in [0, 0.05) is 21.6 Å². The first-order valence-corrected chi connectivity index (χ1v) is 5.64. The topological polar surface area (TPSA) is 38.8 Å². The van der Waals surface area contributed by atoms with E-state index in [4.69, 9.17) is 10.8 Å². The maximum Gasteiger partial charge on any atom is 0.410 e. The molecule has 1 aliphatic heterocycles. The highest BCUT2D eigenvalue weighted by molar-refractivity contribution is 5.68. The van der Waals surface area contributed by atoms with Gasteiger partial charge in [0.15, 0.2) is 0 Å². The number of nitrogens with zero attached hydrogens (tertiary/aromatic N) is 1. The first kappa shape index (κ1) is 11.7. The Morgan fingerprint density at radius 3 is 2.31 bits per heavy atom. The molecule has 0 aromatic heterocycles. The van der Waals surface area contributed by atoms with Gasteiger partial charge in [-0.2, -0.15) is 0 Å². The number of carbonyl (C=O) groups is 1. The average molecular weight is 230 g/mol. The molecule has 0 saturated carbocycles. The van der Waals surface area contributed by atoms with Crippen molar-refractivity contribution >= 4 is 6.09 Å². The van der Waals surface area contributed by atoms with E-state index in [0.717, 1.165) is 0 Å². The quantitative estimate of drug-likeness (QED) is 0.694. The van der Waals surface area contributed by atoms with Crippen molar-refractivity contribution in [3.05, 3.63) is 0 Å². The minimum Gasteiger partial charge on any atom is -0.444 e. The number of amides is 1. The molecular formula is C12H23NO3. The third-order valence-electron chi connectivity index (χ3n) is 2.76. The molecule has 0 aromatic rings. The maximum atomic E-state index is 11.8. The summed E-state index contributed by atoms with van der Waals surface area (Å²) in [5, 5.41) is 0. The number of piperidine rings is 1. The molecule has 1 saturated heterocycles. The van der Waals surface area contributed by atoms with Crippen molar-refractivity contribution in [3.63, 3.8) is 0 Å². The fourth-order valence-electron chi connectivity index (χ4n) is 1.63. The van der Waals surface area contributed by atoms with Crippen LogP contribution >= 0.6 is 0 Å². The van der Waals surface area contributed by atoms with Gasteiger partial charge in [-0.1, -0.05) is 0 Å². The zero-order valence-electron chi connectivity index (χ0n) is 11.7. The van der Waals surface area contributed by atoms with Crippen LogP contribution in [0.5, 0.6) is 0 Å². The van der Waals surface area contributed by atoms with Gasteiger partial charge < -0.3 is 14.4 Å². The monoisotopic (exact) mass is 230 g/mol. The number of rotatable bonds is 1. The lowest BCUT2D eigenvalue weighted by atomic mass is 9.94. The molecule has 0 radical (unpaired) electrons. The standard InChI is InChI=1S/C12H23NO3/c1-11(2,3)16-10(14)13-8-6-12(4,15-5)7-9-13/h6-9H2,1-5H3/i4D. The summed E-state index contributed by atoms with van der Waals surface area (Å²) < 4.78 is 18.2. The van der Waals surface area contributed by atoms with Crippen LogP contribution < -0.4 is 0 Å². The Hall–Kier alpha value is -0.770. The predicted octanol–water partition coefficient (Wildman–Crippen LogP) is 2.42. The molecular weight excluding hydrogens is 206 g/mol. The van der Waals surface area contributed by atoms with Crippen molar-refractivity contribution in [2.24, 2.45) is 0 Å².